The monoisotopic (exact) mass is 521 g/mol. The van der Waals surface area contributed by atoms with Crippen molar-refractivity contribution in [2.75, 3.05) is 12.3 Å². The van der Waals surface area contributed by atoms with Crippen LogP contribution < -0.4 is 5.73 Å². The molecule has 2 aromatic heterocycles. The zero-order valence-corrected chi connectivity index (χ0v) is 24.9. The van der Waals surface area contributed by atoms with Gasteiger partial charge in [-0.2, -0.15) is 0 Å². The summed E-state index contributed by atoms with van der Waals surface area (Å²) >= 11 is 0. The lowest BCUT2D eigenvalue weighted by Crippen LogP contribution is -2.55. The van der Waals surface area contributed by atoms with E-state index in [4.69, 9.17) is 19.3 Å². The molecule has 1 aliphatic rings. The van der Waals surface area contributed by atoms with Gasteiger partial charge in [0.15, 0.2) is 39.9 Å². The standard InChI is InChI=1S/C24H43N5O4Si2/c1-12-24(30)18(33-35(10,11)23(5,6)7)16(13-31-34(8,9)22(2,3)4)32-21(24)29-15-28-17-19(25)26-14-27-20(17)29/h12,14-16,18,21,30H,1,13H2,2-11H3,(H2,25,26,27)/t16-,18?,21-,24-/m1/s1. The van der Waals surface area contributed by atoms with Gasteiger partial charge in [0.25, 0.3) is 0 Å². The van der Waals surface area contributed by atoms with Crippen molar-refractivity contribution >= 4 is 33.6 Å². The zero-order chi connectivity index (χ0) is 26.6. The van der Waals surface area contributed by atoms with Gasteiger partial charge in [-0.25, -0.2) is 15.0 Å². The number of hydrogen-bond acceptors (Lipinski definition) is 8. The maximum Gasteiger partial charge on any atom is 0.192 e. The smallest absolute Gasteiger partial charge is 0.192 e. The van der Waals surface area contributed by atoms with E-state index in [1.807, 2.05) is 0 Å². The van der Waals surface area contributed by atoms with Crippen molar-refractivity contribution in [3.63, 3.8) is 0 Å². The van der Waals surface area contributed by atoms with Gasteiger partial charge >= 0.3 is 0 Å². The molecule has 1 fully saturated rings. The number of fused-ring (bicyclic) bond motifs is 1. The Balaban J connectivity index is 2.06. The van der Waals surface area contributed by atoms with Gasteiger partial charge in [0, 0.05) is 0 Å². The Morgan fingerprint density at radius 2 is 1.71 bits per heavy atom. The Labute approximate surface area is 211 Å². The quantitative estimate of drug-likeness (QED) is 0.400. The highest BCUT2D eigenvalue weighted by Gasteiger charge is 2.59. The maximum absolute atomic E-state index is 12.1. The van der Waals surface area contributed by atoms with Crippen LogP contribution in [-0.4, -0.2) is 65.7 Å². The van der Waals surface area contributed by atoms with Crippen molar-refractivity contribution in [2.45, 2.75) is 102 Å². The summed E-state index contributed by atoms with van der Waals surface area (Å²) < 4.78 is 21.6. The lowest BCUT2D eigenvalue weighted by atomic mass is 9.94. The van der Waals surface area contributed by atoms with Gasteiger partial charge in [-0.3, -0.25) is 4.57 Å². The van der Waals surface area contributed by atoms with E-state index < -0.39 is 40.7 Å². The van der Waals surface area contributed by atoms with Crippen LogP contribution in [0.4, 0.5) is 5.82 Å². The SMILES string of the molecule is C=C[C@@]1(O)C(O[Si](C)(C)C(C)(C)C)[C@@H](CO[Si](C)(C)C(C)(C)C)O[C@H]1n1cnc2c(N)ncnc21. The average Bonchev–Trinajstić information content (AvgIpc) is 3.25. The van der Waals surface area contributed by atoms with Crippen molar-refractivity contribution in [1.29, 1.82) is 0 Å². The molecule has 3 heterocycles. The van der Waals surface area contributed by atoms with Crippen LogP contribution in [-0.2, 0) is 13.6 Å². The topological polar surface area (TPSA) is 118 Å². The summed E-state index contributed by atoms with van der Waals surface area (Å²) in [5.41, 5.74) is 5.38. The molecule has 3 rings (SSSR count). The molecule has 0 saturated carbocycles. The third-order valence-corrected chi connectivity index (χ3v) is 17.1. The molecule has 0 bridgehead atoms. The van der Waals surface area contributed by atoms with E-state index in [2.05, 4.69) is 89.3 Å². The summed E-state index contributed by atoms with van der Waals surface area (Å²) in [7, 11) is -4.39. The van der Waals surface area contributed by atoms with Crippen LogP contribution in [0.5, 0.6) is 0 Å². The van der Waals surface area contributed by atoms with Crippen LogP contribution in [0.15, 0.2) is 25.3 Å². The molecule has 0 aromatic carbocycles. The Bertz CT molecular complexity index is 1080. The van der Waals surface area contributed by atoms with Crippen molar-refractivity contribution in [3.05, 3.63) is 25.3 Å². The van der Waals surface area contributed by atoms with E-state index in [9.17, 15) is 5.11 Å². The molecule has 1 unspecified atom stereocenters. The maximum atomic E-state index is 12.1. The van der Waals surface area contributed by atoms with Gasteiger partial charge in [0.05, 0.1) is 12.9 Å². The highest BCUT2D eigenvalue weighted by molar-refractivity contribution is 6.74. The van der Waals surface area contributed by atoms with Crippen LogP contribution in [0.3, 0.4) is 0 Å². The van der Waals surface area contributed by atoms with Crippen LogP contribution in [0.25, 0.3) is 11.2 Å². The van der Waals surface area contributed by atoms with Gasteiger partial charge in [0.1, 0.15) is 24.1 Å². The molecule has 1 aliphatic heterocycles. The fourth-order valence-corrected chi connectivity index (χ4v) is 5.97. The van der Waals surface area contributed by atoms with Gasteiger partial charge in [-0.15, -0.1) is 0 Å². The number of imidazole rings is 1. The van der Waals surface area contributed by atoms with Crippen molar-refractivity contribution in [3.8, 4) is 0 Å². The lowest BCUT2D eigenvalue weighted by molar-refractivity contribution is -0.0758. The van der Waals surface area contributed by atoms with Crippen LogP contribution in [0, 0.1) is 0 Å². The second-order valence-electron chi connectivity index (χ2n) is 12.6. The first-order valence-corrected chi connectivity index (χ1v) is 17.9. The molecule has 11 heteroatoms. The normalized spacial score (nSPS) is 26.4. The Hall–Kier alpha value is -1.64. The van der Waals surface area contributed by atoms with E-state index in [0.29, 0.717) is 17.8 Å². The summed E-state index contributed by atoms with van der Waals surface area (Å²) in [6.07, 6.45) is 2.37. The fourth-order valence-electron chi connectivity index (χ4n) is 3.63. The largest absolute Gasteiger partial charge is 0.414 e. The molecule has 0 radical (unpaired) electrons. The van der Waals surface area contributed by atoms with E-state index in [1.165, 1.54) is 12.4 Å². The van der Waals surface area contributed by atoms with Crippen LogP contribution >= 0.6 is 0 Å². The first-order valence-electron chi connectivity index (χ1n) is 12.1. The van der Waals surface area contributed by atoms with Crippen molar-refractivity contribution < 1.29 is 18.7 Å². The molecule has 0 aliphatic carbocycles. The number of anilines is 1. The first kappa shape index (κ1) is 27.9. The number of aromatic nitrogens is 4. The van der Waals surface area contributed by atoms with Gasteiger partial charge < -0.3 is 24.4 Å². The fraction of sp³-hybridized carbons (Fsp3) is 0.708. The number of aliphatic hydroxyl groups is 1. The number of rotatable bonds is 7. The molecule has 4 atom stereocenters. The van der Waals surface area contributed by atoms with E-state index in [-0.39, 0.29) is 15.9 Å². The van der Waals surface area contributed by atoms with Gasteiger partial charge in [0.2, 0.25) is 0 Å². The Morgan fingerprint density at radius 3 is 2.26 bits per heavy atom. The zero-order valence-electron chi connectivity index (χ0n) is 22.9. The lowest BCUT2D eigenvalue weighted by Gasteiger charge is -2.43. The predicted molar refractivity (Wildman–Crippen MR) is 144 cm³/mol. The number of nitrogens with two attached hydrogens (primary N) is 1. The van der Waals surface area contributed by atoms with Crippen LogP contribution in [0.2, 0.25) is 36.3 Å². The highest BCUT2D eigenvalue weighted by atomic mass is 28.4. The minimum Gasteiger partial charge on any atom is -0.414 e. The van der Waals surface area contributed by atoms with Crippen molar-refractivity contribution in [2.24, 2.45) is 0 Å². The Kier molecular flexibility index (Phi) is 7.21. The highest BCUT2D eigenvalue weighted by Crippen LogP contribution is 2.47. The molecule has 1 saturated heterocycles. The third kappa shape index (κ3) is 4.99. The van der Waals surface area contributed by atoms with Crippen LogP contribution in [0.1, 0.15) is 47.8 Å². The molecular weight excluding hydrogens is 478 g/mol. The molecule has 35 heavy (non-hydrogen) atoms. The molecule has 0 spiro atoms. The molecule has 3 N–H and O–H groups in total. The minimum absolute atomic E-state index is 0.0323. The molecule has 9 nitrogen and oxygen atoms in total. The first-order chi connectivity index (χ1) is 15.9. The van der Waals surface area contributed by atoms with Gasteiger partial charge in [-0.05, 0) is 36.3 Å². The summed E-state index contributed by atoms with van der Waals surface area (Å²) in [6.45, 7) is 26.1. The summed E-state index contributed by atoms with van der Waals surface area (Å²) in [5.74, 6) is 0.265. The van der Waals surface area contributed by atoms with E-state index >= 15 is 0 Å². The number of nitrogen functional groups attached to an aromatic ring is 1. The minimum atomic E-state index is -2.31. The molecule has 196 valence electrons. The average molecular weight is 522 g/mol. The second kappa shape index (κ2) is 9.03. The number of hydrogen-bond donors (Lipinski definition) is 2. The van der Waals surface area contributed by atoms with E-state index in [0.717, 1.165) is 0 Å². The summed E-state index contributed by atoms with van der Waals surface area (Å²) in [4.78, 5) is 12.8. The van der Waals surface area contributed by atoms with E-state index in [1.54, 1.807) is 10.9 Å². The molecular formula is C24H43N5O4Si2. The van der Waals surface area contributed by atoms with Crippen molar-refractivity contribution in [1.82, 2.24) is 19.5 Å². The number of ether oxygens (including phenoxy) is 1. The Morgan fingerprint density at radius 1 is 1.11 bits per heavy atom. The van der Waals surface area contributed by atoms with Gasteiger partial charge in [-0.1, -0.05) is 54.2 Å². The predicted octanol–water partition coefficient (Wildman–Crippen LogP) is 4.64. The molecule has 2 aromatic rings. The summed E-state index contributed by atoms with van der Waals surface area (Å²) in [5, 5.41) is 12.1. The third-order valence-electron chi connectivity index (χ3n) is 8.10. The second-order valence-corrected chi connectivity index (χ2v) is 22.1. The molecule has 0 amide bonds. The number of nitrogens with zero attached hydrogens (tertiary/aromatic N) is 4. The summed E-state index contributed by atoms with van der Waals surface area (Å²) in [6, 6.07) is 0.